The molecule has 0 aromatic carbocycles. The fourth-order valence-corrected chi connectivity index (χ4v) is 1.44. The highest BCUT2D eigenvalue weighted by Crippen LogP contribution is 1.98. The van der Waals surface area contributed by atoms with Crippen LogP contribution in [0.25, 0.3) is 0 Å². The fourth-order valence-electron chi connectivity index (χ4n) is 0.731. The van der Waals surface area contributed by atoms with Crippen molar-refractivity contribution in [1.29, 1.82) is 0 Å². The van der Waals surface area contributed by atoms with Crippen molar-refractivity contribution < 1.29 is 20.1 Å². The van der Waals surface area contributed by atoms with Gasteiger partial charge in [-0.2, -0.15) is 0 Å². The Hall–Kier alpha value is -0.433. The zero-order valence-corrected chi connectivity index (χ0v) is 9.82. The van der Waals surface area contributed by atoms with Crippen molar-refractivity contribution in [1.82, 2.24) is 5.32 Å². The lowest BCUT2D eigenvalue weighted by atomic mass is 10.2. The van der Waals surface area contributed by atoms with Gasteiger partial charge >= 0.3 is 0 Å². The number of amides is 1. The van der Waals surface area contributed by atoms with Gasteiger partial charge in [-0.3, -0.25) is 4.79 Å². The lowest BCUT2D eigenvalue weighted by molar-refractivity contribution is -0.136. The van der Waals surface area contributed by atoms with Crippen LogP contribution >= 0.6 is 0 Å². The summed E-state index contributed by atoms with van der Waals surface area (Å²) in [5.41, 5.74) is 0. The quantitative estimate of drug-likeness (QED) is 0.434. The first kappa shape index (κ1) is 13.6. The highest BCUT2D eigenvalue weighted by molar-refractivity contribution is 6.76. The van der Waals surface area contributed by atoms with Crippen LogP contribution in [-0.4, -0.2) is 54.3 Å². The third-order valence-corrected chi connectivity index (χ3v) is 2.85. The predicted octanol–water partition coefficient (Wildman–Crippen LogP) is -1.31. The number of rotatable bonds is 5. The summed E-state index contributed by atoms with van der Waals surface area (Å²) in [4.78, 5) is 11.2. The van der Waals surface area contributed by atoms with Crippen LogP contribution in [0.1, 0.15) is 0 Å². The molecule has 0 saturated heterocycles. The maximum atomic E-state index is 11.2. The summed E-state index contributed by atoms with van der Waals surface area (Å²) in [5, 5.41) is 29.2. The molecule has 0 heterocycles. The number of aliphatic hydroxyl groups excluding tert-OH is 3. The van der Waals surface area contributed by atoms with E-state index in [0.29, 0.717) is 6.17 Å². The van der Waals surface area contributed by atoms with Gasteiger partial charge in [0.05, 0.1) is 14.7 Å². The van der Waals surface area contributed by atoms with Gasteiger partial charge in [0, 0.05) is 6.17 Å². The van der Waals surface area contributed by atoms with E-state index >= 15 is 0 Å². The van der Waals surface area contributed by atoms with Gasteiger partial charge in [-0.15, -0.1) is 0 Å². The van der Waals surface area contributed by atoms with E-state index in [1.165, 1.54) is 0 Å². The summed E-state index contributed by atoms with van der Waals surface area (Å²) in [5.74, 6) is -0.631. The zero-order valence-electron chi connectivity index (χ0n) is 8.82. The molecule has 4 N–H and O–H groups in total. The van der Waals surface area contributed by atoms with Crippen LogP contribution < -0.4 is 5.32 Å². The number of hydrogen-bond donors (Lipinski definition) is 4. The predicted molar refractivity (Wildman–Crippen MR) is 55.5 cm³/mol. The number of aliphatic hydroxyl groups is 3. The second-order valence-corrected chi connectivity index (χ2v) is 9.95. The van der Waals surface area contributed by atoms with Crippen molar-refractivity contribution in [3.05, 3.63) is 0 Å². The van der Waals surface area contributed by atoms with Crippen LogP contribution in [0.5, 0.6) is 0 Å². The summed E-state index contributed by atoms with van der Waals surface area (Å²) < 4.78 is 0. The highest BCUT2D eigenvalue weighted by atomic mass is 28.3. The molecule has 0 aliphatic carbocycles. The summed E-state index contributed by atoms with van der Waals surface area (Å²) in [6.07, 6.45) is -2.41. The lowest BCUT2D eigenvalue weighted by Crippen LogP contribution is -2.48. The molecule has 6 heteroatoms. The van der Waals surface area contributed by atoms with Gasteiger partial charge in [-0.1, -0.05) is 19.6 Å². The molecule has 0 aromatic heterocycles. The van der Waals surface area contributed by atoms with E-state index in [1.807, 2.05) is 0 Å². The molecule has 2 unspecified atom stereocenters. The fraction of sp³-hybridized carbons (Fsp3) is 0.875. The Morgan fingerprint density at radius 2 is 1.86 bits per heavy atom. The van der Waals surface area contributed by atoms with E-state index < -0.39 is 32.8 Å². The van der Waals surface area contributed by atoms with Gasteiger partial charge in [-0.05, 0) is 0 Å². The van der Waals surface area contributed by atoms with Crippen LogP contribution in [0.3, 0.4) is 0 Å². The van der Waals surface area contributed by atoms with Crippen molar-refractivity contribution in [2.75, 3.05) is 12.8 Å². The van der Waals surface area contributed by atoms with E-state index in [-0.39, 0.29) is 0 Å². The molecule has 0 aromatic rings. The average molecular weight is 221 g/mol. The minimum absolute atomic E-state index is 0.543. The van der Waals surface area contributed by atoms with Gasteiger partial charge in [0.2, 0.25) is 0 Å². The normalized spacial score (nSPS) is 16.1. The van der Waals surface area contributed by atoms with Gasteiger partial charge in [0.1, 0.15) is 6.10 Å². The molecule has 0 fully saturated rings. The first-order valence-corrected chi connectivity index (χ1v) is 8.23. The van der Waals surface area contributed by atoms with E-state index in [1.54, 1.807) is 0 Å². The standard InChI is InChI=1S/C8H19NO4Si/c1-14(2,3)5-9-8(13)7(12)6(11)4-10/h6-7,10-12H,4-5H2,1-3H3,(H,9,13). The molecular formula is C8H19NO4Si. The van der Waals surface area contributed by atoms with E-state index in [4.69, 9.17) is 10.2 Å². The molecule has 0 spiro atoms. The topological polar surface area (TPSA) is 89.8 Å². The summed E-state index contributed by atoms with van der Waals surface area (Å²) in [7, 11) is -1.40. The molecule has 0 radical (unpaired) electrons. The molecule has 14 heavy (non-hydrogen) atoms. The molecule has 0 bridgehead atoms. The maximum absolute atomic E-state index is 11.2. The van der Waals surface area contributed by atoms with E-state index in [2.05, 4.69) is 25.0 Å². The third kappa shape index (κ3) is 5.33. The van der Waals surface area contributed by atoms with Gasteiger partial charge in [0.25, 0.3) is 5.91 Å². The Bertz CT molecular complexity index is 192. The minimum atomic E-state index is -1.55. The average Bonchev–Trinajstić information content (AvgIpc) is 2.10. The summed E-state index contributed by atoms with van der Waals surface area (Å²) in [6.45, 7) is 5.59. The number of hydrogen-bond acceptors (Lipinski definition) is 4. The molecule has 0 aliphatic rings. The molecule has 0 aliphatic heterocycles. The Balaban J connectivity index is 3.97. The summed E-state index contributed by atoms with van der Waals surface area (Å²) >= 11 is 0. The van der Waals surface area contributed by atoms with Gasteiger partial charge < -0.3 is 20.6 Å². The molecule has 5 nitrogen and oxygen atoms in total. The van der Waals surface area contributed by atoms with Crippen molar-refractivity contribution in [3.8, 4) is 0 Å². The van der Waals surface area contributed by atoms with Crippen molar-refractivity contribution >= 4 is 14.0 Å². The van der Waals surface area contributed by atoms with Gasteiger partial charge in [0.15, 0.2) is 6.10 Å². The highest BCUT2D eigenvalue weighted by Gasteiger charge is 2.24. The molecule has 0 rings (SSSR count). The Morgan fingerprint density at radius 1 is 1.36 bits per heavy atom. The summed E-state index contributed by atoms with van der Waals surface area (Å²) in [6, 6.07) is 0. The molecule has 1 amide bonds. The lowest BCUT2D eigenvalue weighted by Gasteiger charge is -2.20. The maximum Gasteiger partial charge on any atom is 0.251 e. The van der Waals surface area contributed by atoms with Crippen molar-refractivity contribution in [3.63, 3.8) is 0 Å². The van der Waals surface area contributed by atoms with Crippen LogP contribution in [0.4, 0.5) is 0 Å². The van der Waals surface area contributed by atoms with E-state index in [0.717, 1.165) is 0 Å². The third-order valence-electron chi connectivity index (χ3n) is 1.61. The van der Waals surface area contributed by atoms with Crippen molar-refractivity contribution in [2.45, 2.75) is 31.8 Å². The number of carbonyl (C=O) groups is 1. The number of nitrogens with one attached hydrogen (secondary N) is 1. The SMILES string of the molecule is C[Si](C)(C)CNC(=O)C(O)C(O)CO. The monoisotopic (exact) mass is 221 g/mol. The smallest absolute Gasteiger partial charge is 0.251 e. The second kappa shape index (κ2) is 5.45. The molecule has 84 valence electrons. The first-order valence-electron chi connectivity index (χ1n) is 4.52. The Labute approximate surface area is 84.8 Å². The number of carbonyl (C=O) groups excluding carboxylic acids is 1. The largest absolute Gasteiger partial charge is 0.394 e. The molecule has 2 atom stereocenters. The van der Waals surface area contributed by atoms with Crippen LogP contribution in [-0.2, 0) is 4.79 Å². The van der Waals surface area contributed by atoms with Crippen molar-refractivity contribution in [2.24, 2.45) is 0 Å². The zero-order chi connectivity index (χ0) is 11.4. The van der Waals surface area contributed by atoms with Crippen LogP contribution in [0.15, 0.2) is 0 Å². The van der Waals surface area contributed by atoms with Gasteiger partial charge in [-0.25, -0.2) is 0 Å². The van der Waals surface area contributed by atoms with Crippen LogP contribution in [0, 0.1) is 0 Å². The Kier molecular flexibility index (Phi) is 5.28. The Morgan fingerprint density at radius 3 is 2.21 bits per heavy atom. The molecule has 0 saturated carbocycles. The molecular weight excluding hydrogens is 202 g/mol. The van der Waals surface area contributed by atoms with E-state index in [9.17, 15) is 9.90 Å². The first-order chi connectivity index (χ1) is 6.28. The minimum Gasteiger partial charge on any atom is -0.394 e. The second-order valence-electron chi connectivity index (χ2n) is 4.47. The van der Waals surface area contributed by atoms with Crippen LogP contribution in [0.2, 0.25) is 19.6 Å².